The van der Waals surface area contributed by atoms with E-state index in [0.29, 0.717) is 23.5 Å². The van der Waals surface area contributed by atoms with E-state index in [0.717, 1.165) is 10.5 Å². The van der Waals surface area contributed by atoms with Crippen LogP contribution in [0.15, 0.2) is 48.5 Å². The first-order valence-corrected chi connectivity index (χ1v) is 11.0. The van der Waals surface area contributed by atoms with E-state index >= 15 is 0 Å². The largest absolute Gasteiger partial charge is 0.479 e. The molecule has 0 unspecified atom stereocenters. The fraction of sp³-hybridized carbons (Fsp3) is 0.360. The molecule has 0 fully saturated rings. The van der Waals surface area contributed by atoms with Gasteiger partial charge in [0.25, 0.3) is 5.91 Å². The summed E-state index contributed by atoms with van der Waals surface area (Å²) in [6.07, 6.45) is -0.215. The van der Waals surface area contributed by atoms with Crippen molar-refractivity contribution in [2.75, 3.05) is 27.0 Å². The van der Waals surface area contributed by atoms with E-state index in [-0.39, 0.29) is 19.9 Å². The average Bonchev–Trinajstić information content (AvgIpc) is 3.30. The minimum Gasteiger partial charge on any atom is -0.479 e. The summed E-state index contributed by atoms with van der Waals surface area (Å²) in [5.74, 6) is -1.80. The predicted octanol–water partition coefficient (Wildman–Crippen LogP) is 2.56. The number of ketones is 1. The third-order valence-corrected chi connectivity index (χ3v) is 5.55. The van der Waals surface area contributed by atoms with Crippen molar-refractivity contribution in [3.63, 3.8) is 0 Å². The minimum atomic E-state index is -1.36. The Balaban J connectivity index is 1.50. The number of fused-ring (bicyclic) bond motifs is 1. The van der Waals surface area contributed by atoms with Gasteiger partial charge >= 0.3 is 12.1 Å². The van der Waals surface area contributed by atoms with Gasteiger partial charge in [0.15, 0.2) is 17.5 Å². The van der Waals surface area contributed by atoms with Crippen molar-refractivity contribution in [1.82, 2.24) is 10.2 Å². The van der Waals surface area contributed by atoms with Crippen LogP contribution in [0.3, 0.4) is 0 Å². The molecule has 2 amide bonds. The normalized spacial score (nSPS) is 13.0. The first kappa shape index (κ1) is 25.5. The molecule has 35 heavy (non-hydrogen) atoms. The number of nitrogens with zero attached hydrogens (tertiary/aromatic N) is 1. The Morgan fingerprint density at radius 2 is 1.77 bits per heavy atom. The molecular formula is C25H28N2O8. The van der Waals surface area contributed by atoms with E-state index in [9.17, 15) is 24.3 Å². The molecule has 10 heteroatoms. The van der Waals surface area contributed by atoms with Gasteiger partial charge in [-0.15, -0.1) is 0 Å². The predicted molar refractivity (Wildman–Crippen MR) is 124 cm³/mol. The van der Waals surface area contributed by atoms with Crippen molar-refractivity contribution in [2.24, 2.45) is 5.41 Å². The number of nitrogens with one attached hydrogen (secondary N) is 1. The number of carboxylic acids is 1. The van der Waals surface area contributed by atoms with Crippen LogP contribution in [0.4, 0.5) is 4.79 Å². The Morgan fingerprint density at radius 1 is 1.09 bits per heavy atom. The average molecular weight is 485 g/mol. The van der Waals surface area contributed by atoms with E-state index in [1.807, 2.05) is 12.1 Å². The van der Waals surface area contributed by atoms with Crippen molar-refractivity contribution in [3.05, 3.63) is 59.7 Å². The fourth-order valence-corrected chi connectivity index (χ4v) is 3.50. The van der Waals surface area contributed by atoms with Gasteiger partial charge in [-0.05, 0) is 43.5 Å². The van der Waals surface area contributed by atoms with Gasteiger partial charge in [0, 0.05) is 13.6 Å². The Morgan fingerprint density at radius 3 is 2.46 bits per heavy atom. The van der Waals surface area contributed by atoms with Crippen LogP contribution in [0.2, 0.25) is 0 Å². The number of benzene rings is 2. The Bertz CT molecular complexity index is 1100. The molecule has 1 atom stereocenters. The summed E-state index contributed by atoms with van der Waals surface area (Å²) < 4.78 is 15.7. The molecule has 0 aromatic heterocycles. The van der Waals surface area contributed by atoms with Crippen molar-refractivity contribution in [1.29, 1.82) is 0 Å². The van der Waals surface area contributed by atoms with Crippen LogP contribution in [-0.4, -0.2) is 60.8 Å². The van der Waals surface area contributed by atoms with Crippen molar-refractivity contribution in [3.8, 4) is 11.5 Å². The highest BCUT2D eigenvalue weighted by Crippen LogP contribution is 2.32. The third-order valence-electron chi connectivity index (χ3n) is 5.55. The molecule has 0 bridgehead atoms. The van der Waals surface area contributed by atoms with Crippen LogP contribution in [0, 0.1) is 5.41 Å². The highest BCUT2D eigenvalue weighted by Gasteiger charge is 2.39. The van der Waals surface area contributed by atoms with Crippen molar-refractivity contribution < 1.29 is 38.5 Å². The smallest absolute Gasteiger partial charge is 0.407 e. The zero-order valence-electron chi connectivity index (χ0n) is 19.8. The molecule has 0 saturated heterocycles. The molecule has 1 aliphatic heterocycles. The van der Waals surface area contributed by atoms with Crippen LogP contribution in [0.25, 0.3) is 0 Å². The van der Waals surface area contributed by atoms with Crippen molar-refractivity contribution in [2.45, 2.75) is 26.3 Å². The Kier molecular flexibility index (Phi) is 7.95. The third kappa shape index (κ3) is 6.28. The van der Waals surface area contributed by atoms with Gasteiger partial charge in [0.2, 0.25) is 12.6 Å². The van der Waals surface area contributed by atoms with E-state index in [1.54, 1.807) is 36.4 Å². The van der Waals surface area contributed by atoms with E-state index < -0.39 is 35.2 Å². The van der Waals surface area contributed by atoms with Crippen LogP contribution < -0.4 is 14.8 Å². The second-order valence-corrected chi connectivity index (χ2v) is 8.72. The number of hydrogen-bond donors (Lipinski definition) is 2. The fourth-order valence-electron chi connectivity index (χ4n) is 3.50. The van der Waals surface area contributed by atoms with E-state index in [4.69, 9.17) is 14.2 Å². The summed E-state index contributed by atoms with van der Waals surface area (Å²) in [6, 6.07) is 12.3. The molecule has 3 rings (SSSR count). The molecule has 0 aliphatic carbocycles. The highest BCUT2D eigenvalue weighted by atomic mass is 16.7. The Labute approximate surface area is 202 Å². The second kappa shape index (κ2) is 10.9. The maximum absolute atomic E-state index is 12.9. The molecule has 2 aromatic rings. The second-order valence-electron chi connectivity index (χ2n) is 8.72. The quantitative estimate of drug-likeness (QED) is 0.492. The number of carbonyl (C=O) groups is 4. The molecule has 1 heterocycles. The lowest BCUT2D eigenvalue weighted by atomic mass is 9.88. The summed E-state index contributed by atoms with van der Waals surface area (Å²) in [4.78, 5) is 50.4. The number of hydrogen-bond acceptors (Lipinski definition) is 7. The molecule has 0 spiro atoms. The minimum absolute atomic E-state index is 0.180. The first-order valence-electron chi connectivity index (χ1n) is 11.0. The topological polar surface area (TPSA) is 131 Å². The van der Waals surface area contributed by atoms with Gasteiger partial charge in [-0.1, -0.05) is 36.4 Å². The monoisotopic (exact) mass is 484 g/mol. The zero-order chi connectivity index (χ0) is 25.6. The molecule has 0 saturated carbocycles. The standard InChI is InChI=1S/C25H28N2O8/c1-25(2,21(28)22(29)27(3)20(23(30)31)17-7-5-4-6-8-17)14-33-24(32)26-12-11-16-9-10-18-19(13-16)35-15-34-18/h4-10,13,20H,11-12,14-15H2,1-3H3,(H,26,32)(H,30,31)/t20-/m1/s1. The van der Waals surface area contributed by atoms with Crippen LogP contribution in [0.5, 0.6) is 11.5 Å². The molecule has 10 nitrogen and oxygen atoms in total. The lowest BCUT2D eigenvalue weighted by Crippen LogP contribution is -2.46. The molecule has 1 aliphatic rings. The maximum Gasteiger partial charge on any atom is 0.407 e. The summed E-state index contributed by atoms with van der Waals surface area (Å²) in [5, 5.41) is 12.2. The Hall–Kier alpha value is -4.08. The summed E-state index contributed by atoms with van der Waals surface area (Å²) in [7, 11) is 1.26. The number of rotatable bonds is 10. The van der Waals surface area contributed by atoms with Gasteiger partial charge in [-0.25, -0.2) is 9.59 Å². The number of Topliss-reactive ketones (excluding diaryl/α,β-unsaturated/α-hetero) is 1. The van der Waals surface area contributed by atoms with Gasteiger partial charge in [-0.3, -0.25) is 9.59 Å². The molecule has 2 N–H and O–H groups in total. The molecule has 186 valence electrons. The van der Waals surface area contributed by atoms with Crippen LogP contribution >= 0.6 is 0 Å². The maximum atomic E-state index is 12.9. The van der Waals surface area contributed by atoms with Gasteiger partial charge in [-0.2, -0.15) is 0 Å². The van der Waals surface area contributed by atoms with Crippen LogP contribution in [-0.2, 0) is 25.5 Å². The molecular weight excluding hydrogens is 456 g/mol. The first-order chi connectivity index (χ1) is 16.6. The lowest BCUT2D eigenvalue weighted by Gasteiger charge is -2.28. The van der Waals surface area contributed by atoms with E-state index in [2.05, 4.69) is 5.32 Å². The number of alkyl carbamates (subject to hydrolysis) is 1. The number of carbonyl (C=O) groups excluding carboxylic acids is 3. The highest BCUT2D eigenvalue weighted by molar-refractivity contribution is 6.38. The number of amides is 2. The van der Waals surface area contributed by atoms with Crippen LogP contribution in [0.1, 0.15) is 31.0 Å². The summed E-state index contributed by atoms with van der Waals surface area (Å²) >= 11 is 0. The molecule has 0 radical (unpaired) electrons. The number of carboxylic acid groups (broad SMARTS) is 1. The summed E-state index contributed by atoms with van der Waals surface area (Å²) in [5.41, 5.74) is -0.0654. The van der Waals surface area contributed by atoms with Gasteiger partial charge < -0.3 is 29.5 Å². The summed E-state index contributed by atoms with van der Waals surface area (Å²) in [6.45, 7) is 3.02. The van der Waals surface area contributed by atoms with Crippen molar-refractivity contribution >= 4 is 23.8 Å². The lowest BCUT2D eigenvalue weighted by molar-refractivity contribution is -0.156. The SMILES string of the molecule is CN(C(=O)C(=O)C(C)(C)COC(=O)NCCc1ccc2c(c1)OCO2)[C@@H](C(=O)O)c1ccccc1. The number of ether oxygens (including phenoxy) is 3. The van der Waals surface area contributed by atoms with Gasteiger partial charge in [0.05, 0.1) is 5.41 Å². The van der Waals surface area contributed by atoms with Gasteiger partial charge in [0.1, 0.15) is 6.61 Å². The molecule has 2 aromatic carbocycles. The van der Waals surface area contributed by atoms with E-state index in [1.165, 1.54) is 20.9 Å². The zero-order valence-corrected chi connectivity index (χ0v) is 19.8. The number of aliphatic carboxylic acids is 1. The number of likely N-dealkylation sites (N-methyl/N-ethyl adjacent to an activating group) is 1.